The number of nitrogen functional groups attached to an aromatic ring is 1. The van der Waals surface area contributed by atoms with Crippen molar-refractivity contribution in [3.63, 3.8) is 0 Å². The van der Waals surface area contributed by atoms with Crippen LogP contribution >= 0.6 is 0 Å². The molecule has 0 aliphatic carbocycles. The smallest absolute Gasteiger partial charge is 0.150 e. The quantitative estimate of drug-likeness (QED) is 0.568. The Balaban J connectivity index is 2.02. The van der Waals surface area contributed by atoms with Crippen LogP contribution in [0.15, 0.2) is 24.5 Å². The van der Waals surface area contributed by atoms with Crippen molar-refractivity contribution < 1.29 is 0 Å². The second kappa shape index (κ2) is 5.14. The summed E-state index contributed by atoms with van der Waals surface area (Å²) < 4.78 is 2.05. The first-order valence-electron chi connectivity index (χ1n) is 6.80. The van der Waals surface area contributed by atoms with E-state index in [2.05, 4.69) is 50.9 Å². The molecule has 2 heterocycles. The van der Waals surface area contributed by atoms with Crippen molar-refractivity contribution >= 4 is 16.9 Å². The van der Waals surface area contributed by atoms with E-state index in [9.17, 15) is 0 Å². The molecule has 1 aromatic carbocycles. The molecule has 0 amide bonds. The van der Waals surface area contributed by atoms with Gasteiger partial charge in [-0.1, -0.05) is 0 Å². The van der Waals surface area contributed by atoms with Gasteiger partial charge < -0.3 is 9.99 Å². The molecule has 0 fully saturated rings. The number of hydrazine groups is 1. The monoisotopic (exact) mass is 282 g/mol. The van der Waals surface area contributed by atoms with Gasteiger partial charge in [-0.3, -0.25) is 0 Å². The third kappa shape index (κ3) is 2.57. The zero-order chi connectivity index (χ0) is 15.0. The largest absolute Gasteiger partial charge is 0.323 e. The molecule has 6 heteroatoms. The first-order chi connectivity index (χ1) is 10.1. The lowest BCUT2D eigenvalue weighted by Gasteiger charge is -2.08. The van der Waals surface area contributed by atoms with Crippen molar-refractivity contribution in [2.45, 2.75) is 27.3 Å². The number of nitrogens with two attached hydrogens (primary N) is 1. The SMILES string of the molecule is Cc1cc(NN)nc(Cn2cnc3cc(C)c(C)cc32)n1. The van der Waals surface area contributed by atoms with Crippen LogP contribution in [0, 0.1) is 20.8 Å². The van der Waals surface area contributed by atoms with Crippen LogP contribution in [0.5, 0.6) is 0 Å². The normalized spacial score (nSPS) is 11.0. The fraction of sp³-hybridized carbons (Fsp3) is 0.267. The maximum absolute atomic E-state index is 5.43. The van der Waals surface area contributed by atoms with Gasteiger partial charge in [-0.25, -0.2) is 20.8 Å². The van der Waals surface area contributed by atoms with Crippen LogP contribution < -0.4 is 11.3 Å². The van der Waals surface area contributed by atoms with Crippen molar-refractivity contribution in [3.05, 3.63) is 47.2 Å². The molecule has 0 atom stereocenters. The molecule has 0 saturated heterocycles. The number of imidazole rings is 1. The predicted molar refractivity (Wildman–Crippen MR) is 82.9 cm³/mol. The zero-order valence-electron chi connectivity index (χ0n) is 12.4. The van der Waals surface area contributed by atoms with E-state index in [1.807, 2.05) is 19.3 Å². The summed E-state index contributed by atoms with van der Waals surface area (Å²) in [6.07, 6.45) is 1.82. The van der Waals surface area contributed by atoms with Crippen LogP contribution in [-0.4, -0.2) is 19.5 Å². The van der Waals surface area contributed by atoms with Gasteiger partial charge in [0, 0.05) is 11.8 Å². The Hall–Kier alpha value is -2.47. The molecule has 3 aromatic rings. The number of nitrogens with zero attached hydrogens (tertiary/aromatic N) is 4. The van der Waals surface area contributed by atoms with E-state index in [0.29, 0.717) is 18.2 Å². The number of fused-ring (bicyclic) bond motifs is 1. The summed E-state index contributed by atoms with van der Waals surface area (Å²) in [5.74, 6) is 6.76. The van der Waals surface area contributed by atoms with Gasteiger partial charge in [0.2, 0.25) is 0 Å². The van der Waals surface area contributed by atoms with Crippen molar-refractivity contribution in [2.24, 2.45) is 5.84 Å². The van der Waals surface area contributed by atoms with Crippen LogP contribution in [0.25, 0.3) is 11.0 Å². The van der Waals surface area contributed by atoms with Crippen LogP contribution in [-0.2, 0) is 6.54 Å². The van der Waals surface area contributed by atoms with Crippen LogP contribution in [0.2, 0.25) is 0 Å². The van der Waals surface area contributed by atoms with Crippen molar-refractivity contribution in [2.75, 3.05) is 5.43 Å². The molecule has 0 aliphatic rings. The lowest BCUT2D eigenvalue weighted by Crippen LogP contribution is -2.12. The third-order valence-corrected chi connectivity index (χ3v) is 3.60. The minimum atomic E-state index is 0.565. The maximum Gasteiger partial charge on any atom is 0.150 e. The first kappa shape index (κ1) is 13.5. The van der Waals surface area contributed by atoms with Crippen molar-refractivity contribution in [1.29, 1.82) is 0 Å². The molecule has 0 bridgehead atoms. The molecule has 0 unspecified atom stereocenters. The molecule has 108 valence electrons. The first-order valence-corrected chi connectivity index (χ1v) is 6.80. The van der Waals surface area contributed by atoms with E-state index in [0.717, 1.165) is 16.7 Å². The molecule has 2 aromatic heterocycles. The Labute approximate surface area is 123 Å². The summed E-state index contributed by atoms with van der Waals surface area (Å²) in [6.45, 7) is 6.68. The van der Waals surface area contributed by atoms with Gasteiger partial charge in [0.1, 0.15) is 5.82 Å². The van der Waals surface area contributed by atoms with E-state index < -0.39 is 0 Å². The summed E-state index contributed by atoms with van der Waals surface area (Å²) in [6, 6.07) is 6.06. The number of aromatic nitrogens is 4. The molecule has 0 radical (unpaired) electrons. The Morgan fingerprint density at radius 1 is 1.10 bits per heavy atom. The Morgan fingerprint density at radius 2 is 1.86 bits per heavy atom. The van der Waals surface area contributed by atoms with E-state index >= 15 is 0 Å². The second-order valence-electron chi connectivity index (χ2n) is 5.25. The van der Waals surface area contributed by atoms with E-state index in [-0.39, 0.29) is 0 Å². The third-order valence-electron chi connectivity index (χ3n) is 3.60. The highest BCUT2D eigenvalue weighted by atomic mass is 15.3. The van der Waals surface area contributed by atoms with Gasteiger partial charge >= 0.3 is 0 Å². The molecule has 3 rings (SSSR count). The number of benzene rings is 1. The lowest BCUT2D eigenvalue weighted by atomic mass is 10.1. The zero-order valence-corrected chi connectivity index (χ0v) is 12.4. The number of hydrogen-bond acceptors (Lipinski definition) is 5. The van der Waals surface area contributed by atoms with Gasteiger partial charge in [-0.15, -0.1) is 0 Å². The van der Waals surface area contributed by atoms with Gasteiger partial charge in [0.25, 0.3) is 0 Å². The Kier molecular flexibility index (Phi) is 3.31. The highest BCUT2D eigenvalue weighted by Gasteiger charge is 2.08. The summed E-state index contributed by atoms with van der Waals surface area (Å²) in [4.78, 5) is 13.3. The van der Waals surface area contributed by atoms with E-state index in [4.69, 9.17) is 5.84 Å². The molecule has 0 spiro atoms. The second-order valence-corrected chi connectivity index (χ2v) is 5.25. The fourth-order valence-electron chi connectivity index (χ4n) is 2.37. The Morgan fingerprint density at radius 3 is 2.62 bits per heavy atom. The van der Waals surface area contributed by atoms with Gasteiger partial charge in [0.15, 0.2) is 5.82 Å². The molecule has 3 N–H and O–H groups in total. The predicted octanol–water partition coefficient (Wildman–Crippen LogP) is 2.09. The standard InChI is InChI=1S/C15H18N6/c1-9-4-12-13(5-10(9)2)21(8-17-12)7-15-18-11(3)6-14(19-15)20-16/h4-6,8H,7,16H2,1-3H3,(H,18,19,20). The van der Waals surface area contributed by atoms with Crippen LogP contribution in [0.1, 0.15) is 22.6 Å². The average molecular weight is 282 g/mol. The number of aryl methyl sites for hydroxylation is 3. The molecular formula is C15H18N6. The van der Waals surface area contributed by atoms with E-state index in [1.54, 1.807) is 0 Å². The van der Waals surface area contributed by atoms with Crippen molar-refractivity contribution in [1.82, 2.24) is 19.5 Å². The summed E-state index contributed by atoms with van der Waals surface area (Å²) in [5.41, 5.74) is 8.02. The van der Waals surface area contributed by atoms with Gasteiger partial charge in [-0.05, 0) is 44.0 Å². The van der Waals surface area contributed by atoms with Crippen LogP contribution in [0.3, 0.4) is 0 Å². The number of hydrogen-bond donors (Lipinski definition) is 2. The van der Waals surface area contributed by atoms with Gasteiger partial charge in [0.05, 0.1) is 23.9 Å². The highest BCUT2D eigenvalue weighted by molar-refractivity contribution is 5.77. The lowest BCUT2D eigenvalue weighted by molar-refractivity contribution is 0.758. The minimum Gasteiger partial charge on any atom is -0.323 e. The van der Waals surface area contributed by atoms with Crippen molar-refractivity contribution in [3.8, 4) is 0 Å². The highest BCUT2D eigenvalue weighted by Crippen LogP contribution is 2.19. The molecule has 6 nitrogen and oxygen atoms in total. The van der Waals surface area contributed by atoms with E-state index in [1.165, 1.54) is 11.1 Å². The minimum absolute atomic E-state index is 0.565. The topological polar surface area (TPSA) is 81.6 Å². The molecule has 0 aliphatic heterocycles. The number of rotatable bonds is 3. The summed E-state index contributed by atoms with van der Waals surface area (Å²) in [5, 5.41) is 0. The van der Waals surface area contributed by atoms with Crippen LogP contribution in [0.4, 0.5) is 5.82 Å². The summed E-state index contributed by atoms with van der Waals surface area (Å²) >= 11 is 0. The van der Waals surface area contributed by atoms with Gasteiger partial charge in [-0.2, -0.15) is 0 Å². The average Bonchev–Trinajstić information content (AvgIpc) is 2.81. The fourth-order valence-corrected chi connectivity index (χ4v) is 2.37. The number of nitrogens with one attached hydrogen (secondary N) is 1. The molecular weight excluding hydrogens is 264 g/mol. The Bertz CT molecular complexity index is 805. The summed E-state index contributed by atoms with van der Waals surface area (Å²) in [7, 11) is 0. The maximum atomic E-state index is 5.43. The molecule has 0 saturated carbocycles. The molecule has 21 heavy (non-hydrogen) atoms. The number of anilines is 1.